The maximum atomic E-state index is 12.4. The summed E-state index contributed by atoms with van der Waals surface area (Å²) in [7, 11) is 0. The van der Waals surface area contributed by atoms with Gasteiger partial charge in [-0.1, -0.05) is 19.8 Å². The normalized spacial score (nSPS) is 17.5. The van der Waals surface area contributed by atoms with Crippen molar-refractivity contribution in [2.24, 2.45) is 0 Å². The molecule has 0 spiro atoms. The van der Waals surface area contributed by atoms with Gasteiger partial charge < -0.3 is 14.7 Å². The molecule has 1 aliphatic heterocycles. The zero-order valence-corrected chi connectivity index (χ0v) is 13.0. The largest absolute Gasteiger partial charge is 0.494 e. The van der Waals surface area contributed by atoms with E-state index in [9.17, 15) is 9.59 Å². The molecule has 1 saturated heterocycles. The Kier molecular flexibility index (Phi) is 5.81. The number of ether oxygens (including phenoxy) is 1. The fraction of sp³-hybridized carbons (Fsp3) is 0.529. The van der Waals surface area contributed by atoms with Crippen LogP contribution in [0, 0.1) is 0 Å². The number of carboxylic acids is 1. The van der Waals surface area contributed by atoms with Gasteiger partial charge in [-0.3, -0.25) is 4.79 Å². The Labute approximate surface area is 130 Å². The number of carbonyl (C=O) groups is 2. The Balaban J connectivity index is 1.95. The molecule has 0 saturated carbocycles. The zero-order chi connectivity index (χ0) is 15.9. The van der Waals surface area contributed by atoms with Crippen molar-refractivity contribution in [3.8, 4) is 5.75 Å². The first-order valence-corrected chi connectivity index (χ1v) is 7.90. The first-order valence-electron chi connectivity index (χ1n) is 7.90. The zero-order valence-electron chi connectivity index (χ0n) is 13.0. The Morgan fingerprint density at radius 3 is 2.64 bits per heavy atom. The minimum atomic E-state index is -0.929. The van der Waals surface area contributed by atoms with Crippen LogP contribution in [0.4, 0.5) is 0 Å². The van der Waals surface area contributed by atoms with Crippen LogP contribution in [0.15, 0.2) is 24.3 Å². The van der Waals surface area contributed by atoms with E-state index in [-0.39, 0.29) is 5.91 Å². The Morgan fingerprint density at radius 1 is 1.27 bits per heavy atom. The lowest BCUT2D eigenvalue weighted by Gasteiger charge is -2.21. The summed E-state index contributed by atoms with van der Waals surface area (Å²) >= 11 is 0. The summed E-state index contributed by atoms with van der Waals surface area (Å²) in [6, 6.07) is 6.25. The van der Waals surface area contributed by atoms with Crippen molar-refractivity contribution < 1.29 is 19.4 Å². The van der Waals surface area contributed by atoms with Gasteiger partial charge in [0, 0.05) is 12.1 Å². The number of unbranched alkanes of at least 4 members (excludes halogenated alkanes) is 2. The molecule has 0 aromatic heterocycles. The summed E-state index contributed by atoms with van der Waals surface area (Å²) in [5, 5.41) is 9.15. The fourth-order valence-corrected chi connectivity index (χ4v) is 2.67. The second-order valence-corrected chi connectivity index (χ2v) is 5.57. The Hall–Kier alpha value is -2.04. The van der Waals surface area contributed by atoms with Crippen LogP contribution in [0.3, 0.4) is 0 Å². The van der Waals surface area contributed by atoms with Crippen molar-refractivity contribution in [2.75, 3.05) is 13.2 Å². The number of rotatable bonds is 7. The summed E-state index contributed by atoms with van der Waals surface area (Å²) < 4.78 is 5.61. The van der Waals surface area contributed by atoms with Crippen molar-refractivity contribution in [2.45, 2.75) is 45.1 Å². The summed E-state index contributed by atoms with van der Waals surface area (Å²) in [4.78, 5) is 25.0. The lowest BCUT2D eigenvalue weighted by molar-refractivity contribution is -0.141. The number of carbonyl (C=O) groups excluding carboxylic acids is 1. The van der Waals surface area contributed by atoms with Crippen molar-refractivity contribution in [3.05, 3.63) is 29.8 Å². The first kappa shape index (κ1) is 16.3. The van der Waals surface area contributed by atoms with Crippen LogP contribution in [0.1, 0.15) is 49.4 Å². The van der Waals surface area contributed by atoms with Crippen molar-refractivity contribution in [1.82, 2.24) is 4.90 Å². The summed E-state index contributed by atoms with van der Waals surface area (Å²) in [6.07, 6.45) is 4.58. The van der Waals surface area contributed by atoms with Gasteiger partial charge >= 0.3 is 5.97 Å². The predicted molar refractivity (Wildman–Crippen MR) is 83.2 cm³/mol. The Morgan fingerprint density at radius 2 is 2.00 bits per heavy atom. The maximum Gasteiger partial charge on any atom is 0.326 e. The van der Waals surface area contributed by atoms with Gasteiger partial charge in [0.25, 0.3) is 5.91 Å². The van der Waals surface area contributed by atoms with Gasteiger partial charge in [-0.15, -0.1) is 0 Å². The van der Waals surface area contributed by atoms with E-state index in [0.717, 1.165) is 31.4 Å². The van der Waals surface area contributed by atoms with E-state index in [2.05, 4.69) is 6.92 Å². The number of benzene rings is 1. The molecule has 1 fully saturated rings. The van der Waals surface area contributed by atoms with Crippen LogP contribution >= 0.6 is 0 Å². The third kappa shape index (κ3) is 4.00. The quantitative estimate of drug-likeness (QED) is 0.787. The molecule has 0 radical (unpaired) electrons. The number of likely N-dealkylation sites (tertiary alicyclic amines) is 1. The highest BCUT2D eigenvalue weighted by atomic mass is 16.5. The summed E-state index contributed by atoms with van der Waals surface area (Å²) in [5.74, 6) is -0.409. The van der Waals surface area contributed by atoms with Gasteiger partial charge in [0.15, 0.2) is 0 Å². The van der Waals surface area contributed by atoms with Crippen molar-refractivity contribution in [1.29, 1.82) is 0 Å². The number of nitrogens with zero attached hydrogens (tertiary/aromatic N) is 1. The standard InChI is InChI=1S/C17H23NO4/c1-2-3-4-12-22-14-9-7-13(8-10-14)16(19)18-11-5-6-15(18)17(20)21/h7-10,15H,2-6,11-12H2,1H3,(H,20,21)/t15-/m0/s1. The number of amides is 1. The lowest BCUT2D eigenvalue weighted by atomic mass is 10.1. The van der Waals surface area contributed by atoms with E-state index in [1.165, 1.54) is 4.90 Å². The highest BCUT2D eigenvalue weighted by Crippen LogP contribution is 2.21. The lowest BCUT2D eigenvalue weighted by Crippen LogP contribution is -2.40. The first-order chi connectivity index (χ1) is 10.6. The number of hydrogen-bond acceptors (Lipinski definition) is 3. The van der Waals surface area contributed by atoms with Gasteiger partial charge in [0.05, 0.1) is 6.61 Å². The van der Waals surface area contributed by atoms with Crippen molar-refractivity contribution in [3.63, 3.8) is 0 Å². The molecule has 0 aliphatic carbocycles. The molecule has 0 bridgehead atoms. The highest BCUT2D eigenvalue weighted by Gasteiger charge is 2.34. The third-order valence-electron chi connectivity index (χ3n) is 3.92. The number of hydrogen-bond donors (Lipinski definition) is 1. The second-order valence-electron chi connectivity index (χ2n) is 5.57. The van der Waals surface area contributed by atoms with E-state index < -0.39 is 12.0 Å². The average molecular weight is 305 g/mol. The molecule has 1 aromatic rings. The van der Waals surface area contributed by atoms with Crippen LogP contribution in [0.25, 0.3) is 0 Å². The van der Waals surface area contributed by atoms with E-state index in [0.29, 0.717) is 25.1 Å². The van der Waals surface area contributed by atoms with E-state index in [1.54, 1.807) is 24.3 Å². The third-order valence-corrected chi connectivity index (χ3v) is 3.92. The van der Waals surface area contributed by atoms with Gasteiger partial charge in [0.2, 0.25) is 0 Å². The molecule has 1 heterocycles. The minimum absolute atomic E-state index is 0.220. The van der Waals surface area contributed by atoms with Crippen LogP contribution in [0.5, 0.6) is 5.75 Å². The predicted octanol–water partition coefficient (Wildman–Crippen LogP) is 2.94. The molecule has 5 heteroatoms. The van der Waals surface area contributed by atoms with Gasteiger partial charge in [-0.25, -0.2) is 4.79 Å². The van der Waals surface area contributed by atoms with Crippen molar-refractivity contribution >= 4 is 11.9 Å². The summed E-state index contributed by atoms with van der Waals surface area (Å²) in [6.45, 7) is 3.32. The minimum Gasteiger partial charge on any atom is -0.494 e. The van der Waals surface area contributed by atoms with Gasteiger partial charge in [-0.2, -0.15) is 0 Å². The number of aliphatic carboxylic acids is 1. The van der Waals surface area contributed by atoms with Crippen LogP contribution in [0.2, 0.25) is 0 Å². The van der Waals surface area contributed by atoms with Crippen LogP contribution in [-0.4, -0.2) is 41.1 Å². The molecular weight excluding hydrogens is 282 g/mol. The molecule has 1 atom stereocenters. The highest BCUT2D eigenvalue weighted by molar-refractivity contribution is 5.97. The van der Waals surface area contributed by atoms with E-state index in [1.807, 2.05) is 0 Å². The second kappa shape index (κ2) is 7.82. The smallest absolute Gasteiger partial charge is 0.326 e. The molecule has 1 aliphatic rings. The summed E-state index contributed by atoms with van der Waals surface area (Å²) in [5.41, 5.74) is 0.508. The monoisotopic (exact) mass is 305 g/mol. The van der Waals surface area contributed by atoms with E-state index >= 15 is 0 Å². The molecule has 0 unspecified atom stereocenters. The molecule has 1 aromatic carbocycles. The molecule has 1 N–H and O–H groups in total. The number of carboxylic acid groups (broad SMARTS) is 1. The fourth-order valence-electron chi connectivity index (χ4n) is 2.67. The SMILES string of the molecule is CCCCCOc1ccc(C(=O)N2CCC[C@H]2C(=O)O)cc1. The maximum absolute atomic E-state index is 12.4. The van der Waals surface area contributed by atoms with Crippen LogP contribution in [-0.2, 0) is 4.79 Å². The average Bonchev–Trinajstić information content (AvgIpc) is 3.01. The molecule has 22 heavy (non-hydrogen) atoms. The topological polar surface area (TPSA) is 66.8 Å². The Bertz CT molecular complexity index is 512. The molecular formula is C17H23NO4. The van der Waals surface area contributed by atoms with Crippen LogP contribution < -0.4 is 4.74 Å². The molecule has 120 valence electrons. The van der Waals surface area contributed by atoms with Gasteiger partial charge in [-0.05, 0) is 43.5 Å². The molecule has 1 amide bonds. The molecule has 2 rings (SSSR count). The van der Waals surface area contributed by atoms with E-state index in [4.69, 9.17) is 9.84 Å². The molecule has 5 nitrogen and oxygen atoms in total. The van der Waals surface area contributed by atoms with Gasteiger partial charge in [0.1, 0.15) is 11.8 Å².